The molecule has 3 amide bonds. The SMILES string of the molecule is CC1(C)CC(=O)N(C(=O)[C@H]2C[C@H]3C=C[C@@H]2N(C(=O)OCc2ccccc2)C3)N1Cc1cccc2ccccc12. The summed E-state index contributed by atoms with van der Waals surface area (Å²) in [6.07, 6.45) is 4.44. The van der Waals surface area contributed by atoms with E-state index < -0.39 is 23.6 Å². The van der Waals surface area contributed by atoms with Gasteiger partial charge in [-0.25, -0.2) is 14.8 Å². The zero-order valence-electron chi connectivity index (χ0n) is 22.3. The van der Waals surface area contributed by atoms with Crippen molar-refractivity contribution < 1.29 is 19.1 Å². The van der Waals surface area contributed by atoms with Crippen molar-refractivity contribution in [2.24, 2.45) is 11.8 Å². The number of carbonyl (C=O) groups is 3. The van der Waals surface area contributed by atoms with Crippen LogP contribution in [0.15, 0.2) is 84.9 Å². The van der Waals surface area contributed by atoms with Crippen LogP contribution in [0.25, 0.3) is 10.8 Å². The zero-order valence-corrected chi connectivity index (χ0v) is 22.3. The summed E-state index contributed by atoms with van der Waals surface area (Å²) in [5.74, 6) is -0.907. The largest absolute Gasteiger partial charge is 0.445 e. The number of benzene rings is 3. The molecule has 39 heavy (non-hydrogen) atoms. The van der Waals surface area contributed by atoms with Crippen LogP contribution in [0, 0.1) is 11.8 Å². The second-order valence-corrected chi connectivity index (χ2v) is 11.4. The molecule has 0 N–H and O–H groups in total. The van der Waals surface area contributed by atoms with Crippen molar-refractivity contribution in [3.63, 3.8) is 0 Å². The minimum Gasteiger partial charge on any atom is -0.445 e. The van der Waals surface area contributed by atoms with E-state index in [0.717, 1.165) is 21.9 Å². The molecule has 0 aromatic heterocycles. The first-order valence-electron chi connectivity index (χ1n) is 13.6. The maximum atomic E-state index is 14.2. The van der Waals surface area contributed by atoms with Crippen molar-refractivity contribution in [2.75, 3.05) is 6.54 Å². The lowest BCUT2D eigenvalue weighted by molar-refractivity contribution is -0.167. The highest BCUT2D eigenvalue weighted by atomic mass is 16.6. The topological polar surface area (TPSA) is 70.2 Å². The average molecular weight is 524 g/mol. The van der Waals surface area contributed by atoms with Crippen molar-refractivity contribution in [3.8, 4) is 0 Å². The van der Waals surface area contributed by atoms with Gasteiger partial charge >= 0.3 is 6.09 Å². The molecule has 1 aliphatic carbocycles. The fourth-order valence-corrected chi connectivity index (χ4v) is 6.24. The normalized spacial score (nSPS) is 23.9. The van der Waals surface area contributed by atoms with Crippen molar-refractivity contribution in [3.05, 3.63) is 96.1 Å². The van der Waals surface area contributed by atoms with E-state index in [1.807, 2.05) is 73.5 Å². The highest BCUT2D eigenvalue weighted by Gasteiger charge is 2.52. The second-order valence-electron chi connectivity index (χ2n) is 11.4. The molecule has 2 fully saturated rings. The van der Waals surface area contributed by atoms with Gasteiger partial charge in [0.05, 0.1) is 12.0 Å². The third kappa shape index (κ3) is 4.72. The van der Waals surface area contributed by atoms with E-state index in [1.54, 1.807) is 4.90 Å². The Hall–Kier alpha value is -3.97. The number of ether oxygens (including phenoxy) is 1. The molecule has 0 saturated carbocycles. The lowest BCUT2D eigenvalue weighted by atomic mass is 9.77. The van der Waals surface area contributed by atoms with Crippen molar-refractivity contribution >= 4 is 28.7 Å². The van der Waals surface area contributed by atoms with Gasteiger partial charge in [-0.15, -0.1) is 0 Å². The number of imide groups is 1. The summed E-state index contributed by atoms with van der Waals surface area (Å²) in [6.45, 7) is 5.13. The monoisotopic (exact) mass is 523 g/mol. The summed E-state index contributed by atoms with van der Waals surface area (Å²) in [7, 11) is 0. The Morgan fingerprint density at radius 2 is 1.69 bits per heavy atom. The minimum absolute atomic E-state index is 0.0467. The third-order valence-electron chi connectivity index (χ3n) is 8.27. The molecule has 7 heteroatoms. The molecule has 3 heterocycles. The van der Waals surface area contributed by atoms with Crippen LogP contribution in [0.4, 0.5) is 4.79 Å². The molecule has 2 bridgehead atoms. The molecular formula is C32H33N3O4. The van der Waals surface area contributed by atoms with Gasteiger partial charge in [0.1, 0.15) is 6.61 Å². The van der Waals surface area contributed by atoms with Crippen LogP contribution in [-0.4, -0.2) is 51.0 Å². The maximum Gasteiger partial charge on any atom is 0.410 e. The van der Waals surface area contributed by atoms with Gasteiger partial charge in [0.25, 0.3) is 0 Å². The molecule has 200 valence electrons. The van der Waals surface area contributed by atoms with E-state index in [2.05, 4.69) is 30.3 Å². The lowest BCUT2D eigenvalue weighted by Gasteiger charge is -2.46. The minimum atomic E-state index is -0.526. The van der Waals surface area contributed by atoms with Crippen LogP contribution in [0.1, 0.15) is 37.8 Å². The smallest absolute Gasteiger partial charge is 0.410 e. The Balaban J connectivity index is 1.24. The van der Waals surface area contributed by atoms with Gasteiger partial charge in [0, 0.05) is 25.0 Å². The van der Waals surface area contributed by atoms with Gasteiger partial charge in [0.15, 0.2) is 0 Å². The first kappa shape index (κ1) is 25.3. The number of rotatable bonds is 5. The van der Waals surface area contributed by atoms with Gasteiger partial charge < -0.3 is 9.64 Å². The highest BCUT2D eigenvalue weighted by Crippen LogP contribution is 2.40. The zero-order chi connectivity index (χ0) is 27.1. The lowest BCUT2D eigenvalue weighted by Crippen LogP contribution is -2.59. The summed E-state index contributed by atoms with van der Waals surface area (Å²) in [5.41, 5.74) is 1.44. The van der Waals surface area contributed by atoms with Gasteiger partial charge in [-0.3, -0.25) is 9.59 Å². The number of piperidine rings is 1. The molecule has 3 aromatic carbocycles. The number of hydrogen-bond acceptors (Lipinski definition) is 5. The van der Waals surface area contributed by atoms with Crippen LogP contribution < -0.4 is 0 Å². The predicted molar refractivity (Wildman–Crippen MR) is 148 cm³/mol. The molecule has 4 aliphatic rings. The van der Waals surface area contributed by atoms with E-state index in [1.165, 1.54) is 5.01 Å². The molecule has 7 nitrogen and oxygen atoms in total. The second kappa shape index (κ2) is 9.97. The number of nitrogens with zero attached hydrogens (tertiary/aromatic N) is 3. The number of fused-ring (bicyclic) bond motifs is 3. The van der Waals surface area contributed by atoms with Crippen LogP contribution in [-0.2, 0) is 27.5 Å². The van der Waals surface area contributed by atoms with E-state index in [4.69, 9.17) is 4.74 Å². The van der Waals surface area contributed by atoms with E-state index in [0.29, 0.717) is 19.5 Å². The van der Waals surface area contributed by atoms with Gasteiger partial charge in [-0.05, 0) is 48.1 Å². The number of hydrazine groups is 1. The Labute approximate surface area is 228 Å². The summed E-state index contributed by atoms with van der Waals surface area (Å²) in [5, 5.41) is 5.52. The van der Waals surface area contributed by atoms with Crippen LogP contribution in [0.5, 0.6) is 0 Å². The molecule has 0 radical (unpaired) electrons. The van der Waals surface area contributed by atoms with Gasteiger partial charge in [-0.1, -0.05) is 84.9 Å². The van der Waals surface area contributed by atoms with E-state index in [-0.39, 0.29) is 30.8 Å². The summed E-state index contributed by atoms with van der Waals surface area (Å²) < 4.78 is 5.62. The van der Waals surface area contributed by atoms with E-state index in [9.17, 15) is 14.4 Å². The molecule has 3 atom stereocenters. The Morgan fingerprint density at radius 1 is 0.949 bits per heavy atom. The van der Waals surface area contributed by atoms with Crippen molar-refractivity contribution in [1.82, 2.24) is 14.9 Å². The summed E-state index contributed by atoms with van der Waals surface area (Å²) in [6, 6.07) is 23.4. The van der Waals surface area contributed by atoms with Gasteiger partial charge in [-0.2, -0.15) is 0 Å². The molecule has 0 spiro atoms. The summed E-state index contributed by atoms with van der Waals surface area (Å²) >= 11 is 0. The fourth-order valence-electron chi connectivity index (χ4n) is 6.24. The molecule has 7 rings (SSSR count). The highest BCUT2D eigenvalue weighted by molar-refractivity contribution is 5.98. The van der Waals surface area contributed by atoms with E-state index >= 15 is 0 Å². The first-order chi connectivity index (χ1) is 18.8. The summed E-state index contributed by atoms with van der Waals surface area (Å²) in [4.78, 5) is 42.3. The average Bonchev–Trinajstić information content (AvgIpc) is 3.19. The molecule has 0 unspecified atom stereocenters. The maximum absolute atomic E-state index is 14.2. The standard InChI is InChI=1S/C32H33N3O4/c1-32(2)18-29(36)35(34(32)20-25-13-8-12-24-11-6-7-14-26(24)25)30(37)27-17-23-15-16-28(27)33(19-23)31(38)39-21-22-9-4-3-5-10-22/h3-16,23,27-28H,17-21H2,1-2H3/t23-,27+,28+/m1/s1. The third-order valence-corrected chi connectivity index (χ3v) is 8.27. The molecular weight excluding hydrogens is 490 g/mol. The quantitative estimate of drug-likeness (QED) is 0.335. The number of carbonyl (C=O) groups excluding carboxylic acids is 3. The van der Waals surface area contributed by atoms with Crippen molar-refractivity contribution in [2.45, 2.75) is 51.4 Å². The van der Waals surface area contributed by atoms with Crippen LogP contribution >= 0.6 is 0 Å². The molecule has 3 aliphatic heterocycles. The van der Waals surface area contributed by atoms with Crippen LogP contribution in [0.2, 0.25) is 0 Å². The first-order valence-corrected chi connectivity index (χ1v) is 13.6. The fraction of sp³-hybridized carbons (Fsp3) is 0.344. The Morgan fingerprint density at radius 3 is 2.49 bits per heavy atom. The Bertz CT molecular complexity index is 1440. The van der Waals surface area contributed by atoms with Gasteiger partial charge in [0.2, 0.25) is 11.8 Å². The van der Waals surface area contributed by atoms with Crippen LogP contribution in [0.3, 0.4) is 0 Å². The molecule has 3 aromatic rings. The predicted octanol–water partition coefficient (Wildman–Crippen LogP) is 5.31. The Kier molecular flexibility index (Phi) is 6.47. The van der Waals surface area contributed by atoms with Crippen molar-refractivity contribution in [1.29, 1.82) is 0 Å². The molecule has 2 saturated heterocycles. The number of amides is 3. The number of hydrogen-bond donors (Lipinski definition) is 0.